The first-order chi connectivity index (χ1) is 10.1. The lowest BCUT2D eigenvalue weighted by atomic mass is 9.98. The molecule has 0 aromatic heterocycles. The van der Waals surface area contributed by atoms with E-state index in [1.165, 1.54) is 11.8 Å². The minimum atomic E-state index is -0.366. The van der Waals surface area contributed by atoms with Crippen LogP contribution in [0.2, 0.25) is 0 Å². The molecule has 106 valence electrons. The van der Waals surface area contributed by atoms with Crippen molar-refractivity contribution >= 4 is 45.8 Å². The van der Waals surface area contributed by atoms with Crippen molar-refractivity contribution in [2.45, 2.75) is 5.25 Å². The minimum absolute atomic E-state index is 0.122. The van der Waals surface area contributed by atoms with Crippen LogP contribution in [0.4, 0.5) is 5.69 Å². The fourth-order valence-electron chi connectivity index (χ4n) is 2.02. The second-order valence-corrected chi connectivity index (χ2v) is 6.58. The largest absolute Gasteiger partial charge is 0.398 e. The molecule has 0 heterocycles. The minimum Gasteiger partial charge on any atom is -0.398 e. The summed E-state index contributed by atoms with van der Waals surface area (Å²) in [5.41, 5.74) is 8.24. The number of hydrogen-bond donors (Lipinski definition) is 1. The number of halogens is 1. The van der Waals surface area contributed by atoms with E-state index in [9.17, 15) is 4.79 Å². The summed E-state index contributed by atoms with van der Waals surface area (Å²) >= 11 is 3.59. The molecule has 2 aromatic carbocycles. The maximum absolute atomic E-state index is 12.6. The highest BCUT2D eigenvalue weighted by Crippen LogP contribution is 2.32. The van der Waals surface area contributed by atoms with Crippen molar-refractivity contribution < 1.29 is 4.79 Å². The van der Waals surface area contributed by atoms with Gasteiger partial charge in [0.1, 0.15) is 5.25 Å². The maximum Gasteiger partial charge on any atom is 0.195 e. The van der Waals surface area contributed by atoms with Gasteiger partial charge in [-0.3, -0.25) is 4.79 Å². The van der Waals surface area contributed by atoms with Gasteiger partial charge >= 0.3 is 0 Å². The molecule has 2 N–H and O–H groups in total. The molecule has 0 saturated heterocycles. The van der Waals surface area contributed by atoms with Crippen LogP contribution >= 0.6 is 34.4 Å². The molecule has 3 nitrogen and oxygen atoms in total. The van der Waals surface area contributed by atoms with E-state index in [2.05, 4.69) is 28.7 Å². The summed E-state index contributed by atoms with van der Waals surface area (Å²) in [6, 6.07) is 14.8. The van der Waals surface area contributed by atoms with E-state index in [1.807, 2.05) is 18.4 Å². The highest BCUT2D eigenvalue weighted by Gasteiger charge is 2.18. The molecular formula is C16H13IN2OS. The summed E-state index contributed by atoms with van der Waals surface area (Å²) in [5.74, 6) is -0.122. The monoisotopic (exact) mass is 408 g/mol. The van der Waals surface area contributed by atoms with Crippen LogP contribution in [0.25, 0.3) is 0 Å². The number of anilines is 1. The third-order valence-corrected chi connectivity index (χ3v) is 4.68. The summed E-state index contributed by atoms with van der Waals surface area (Å²) in [6.45, 7) is 0. The summed E-state index contributed by atoms with van der Waals surface area (Å²) in [7, 11) is 0. The summed E-state index contributed by atoms with van der Waals surface area (Å²) in [6.07, 6.45) is 1.85. The SMILES string of the molecule is CSC(C#N)c1cccc(C(=O)c2ccc(I)cc2)c1N. The molecule has 0 bridgehead atoms. The number of nitrogens with zero attached hydrogens (tertiary/aromatic N) is 1. The molecule has 0 aliphatic carbocycles. The molecule has 2 aromatic rings. The Bertz CT molecular complexity index is 707. The number of rotatable bonds is 4. The molecule has 1 atom stereocenters. The van der Waals surface area contributed by atoms with E-state index >= 15 is 0 Å². The van der Waals surface area contributed by atoms with Gasteiger partial charge in [0.05, 0.1) is 6.07 Å². The normalized spacial score (nSPS) is 11.7. The number of nitrogens with two attached hydrogens (primary N) is 1. The molecule has 0 fully saturated rings. The Kier molecular flexibility index (Phi) is 5.26. The molecule has 0 radical (unpaired) electrons. The van der Waals surface area contributed by atoms with E-state index in [0.717, 1.165) is 3.57 Å². The molecule has 5 heteroatoms. The van der Waals surface area contributed by atoms with Gasteiger partial charge in [0, 0.05) is 25.9 Å². The van der Waals surface area contributed by atoms with Crippen molar-refractivity contribution in [2.75, 3.05) is 12.0 Å². The zero-order chi connectivity index (χ0) is 15.4. The highest BCUT2D eigenvalue weighted by atomic mass is 127. The van der Waals surface area contributed by atoms with Crippen molar-refractivity contribution in [1.82, 2.24) is 0 Å². The van der Waals surface area contributed by atoms with Crippen LogP contribution in [-0.4, -0.2) is 12.0 Å². The second kappa shape index (κ2) is 6.96. The van der Waals surface area contributed by atoms with Gasteiger partial charge in [0.25, 0.3) is 0 Å². The van der Waals surface area contributed by atoms with Crippen molar-refractivity contribution in [2.24, 2.45) is 0 Å². The number of hydrogen-bond acceptors (Lipinski definition) is 4. The van der Waals surface area contributed by atoms with Crippen LogP contribution in [0.3, 0.4) is 0 Å². The fourth-order valence-corrected chi connectivity index (χ4v) is 2.94. The number of thioether (sulfide) groups is 1. The van der Waals surface area contributed by atoms with Crippen LogP contribution in [0, 0.1) is 14.9 Å². The topological polar surface area (TPSA) is 66.9 Å². The van der Waals surface area contributed by atoms with Gasteiger partial charge in [-0.25, -0.2) is 0 Å². The van der Waals surface area contributed by atoms with Crippen molar-refractivity contribution in [3.05, 3.63) is 62.7 Å². The molecule has 1 unspecified atom stereocenters. The first-order valence-electron chi connectivity index (χ1n) is 6.19. The zero-order valence-electron chi connectivity index (χ0n) is 11.3. The Labute approximate surface area is 141 Å². The van der Waals surface area contributed by atoms with Crippen LogP contribution < -0.4 is 5.73 Å². The van der Waals surface area contributed by atoms with Crippen molar-refractivity contribution in [3.63, 3.8) is 0 Å². The number of carbonyl (C=O) groups excluding carboxylic acids is 1. The predicted octanol–water partition coefficient (Wildman–Crippen LogP) is 4.03. The third kappa shape index (κ3) is 3.39. The van der Waals surface area contributed by atoms with E-state index in [-0.39, 0.29) is 11.0 Å². The molecule has 0 spiro atoms. The van der Waals surface area contributed by atoms with Gasteiger partial charge in [0.2, 0.25) is 0 Å². The predicted molar refractivity (Wildman–Crippen MR) is 95.3 cm³/mol. The smallest absolute Gasteiger partial charge is 0.195 e. The van der Waals surface area contributed by atoms with Gasteiger partial charge in [-0.2, -0.15) is 5.26 Å². The zero-order valence-corrected chi connectivity index (χ0v) is 14.3. The van der Waals surface area contributed by atoms with E-state index in [0.29, 0.717) is 22.4 Å². The van der Waals surface area contributed by atoms with Gasteiger partial charge in [-0.1, -0.05) is 12.1 Å². The van der Waals surface area contributed by atoms with Gasteiger partial charge in [0.15, 0.2) is 5.78 Å². The Balaban J connectivity index is 2.45. The molecule has 0 aliphatic rings. The van der Waals surface area contributed by atoms with Crippen LogP contribution in [0.15, 0.2) is 42.5 Å². The highest BCUT2D eigenvalue weighted by molar-refractivity contribution is 14.1. The van der Waals surface area contributed by atoms with Gasteiger partial charge in [-0.15, -0.1) is 11.8 Å². The lowest BCUT2D eigenvalue weighted by Gasteiger charge is -2.13. The molecule has 0 amide bonds. The number of para-hydroxylation sites is 1. The molecule has 0 aliphatic heterocycles. The molecule has 21 heavy (non-hydrogen) atoms. The number of carbonyl (C=O) groups is 1. The third-order valence-electron chi connectivity index (χ3n) is 3.13. The molecule has 0 saturated carbocycles. The Morgan fingerprint density at radius 1 is 1.29 bits per heavy atom. The number of ketones is 1. The lowest BCUT2D eigenvalue weighted by Crippen LogP contribution is -2.08. The Morgan fingerprint density at radius 2 is 1.95 bits per heavy atom. The molecule has 2 rings (SSSR count). The van der Waals surface area contributed by atoms with Crippen molar-refractivity contribution in [1.29, 1.82) is 5.26 Å². The van der Waals surface area contributed by atoms with Gasteiger partial charge < -0.3 is 5.73 Å². The average molecular weight is 408 g/mol. The average Bonchev–Trinajstić information content (AvgIpc) is 2.50. The summed E-state index contributed by atoms with van der Waals surface area (Å²) in [4.78, 5) is 12.6. The van der Waals surface area contributed by atoms with Crippen LogP contribution in [0.5, 0.6) is 0 Å². The van der Waals surface area contributed by atoms with Crippen LogP contribution in [-0.2, 0) is 0 Å². The number of benzene rings is 2. The van der Waals surface area contributed by atoms with E-state index in [1.54, 1.807) is 30.3 Å². The summed E-state index contributed by atoms with van der Waals surface area (Å²) in [5, 5.41) is 8.80. The first kappa shape index (κ1) is 15.9. The standard InChI is InChI=1S/C16H13IN2OS/c1-21-14(9-18)12-3-2-4-13(15(12)19)16(20)10-5-7-11(17)8-6-10/h2-8,14H,19H2,1H3. The number of nitriles is 1. The second-order valence-electron chi connectivity index (χ2n) is 4.39. The Morgan fingerprint density at radius 3 is 2.52 bits per heavy atom. The Hall–Kier alpha value is -1.52. The quantitative estimate of drug-likeness (QED) is 0.471. The van der Waals surface area contributed by atoms with E-state index in [4.69, 9.17) is 11.0 Å². The molecular weight excluding hydrogens is 395 g/mol. The van der Waals surface area contributed by atoms with Crippen LogP contribution in [0.1, 0.15) is 26.7 Å². The van der Waals surface area contributed by atoms with Crippen molar-refractivity contribution in [3.8, 4) is 6.07 Å². The maximum atomic E-state index is 12.6. The lowest BCUT2D eigenvalue weighted by molar-refractivity contribution is 0.103. The summed E-state index contributed by atoms with van der Waals surface area (Å²) < 4.78 is 1.07. The number of nitrogen functional groups attached to an aromatic ring is 1. The van der Waals surface area contributed by atoms with E-state index < -0.39 is 0 Å². The van der Waals surface area contributed by atoms with Gasteiger partial charge in [-0.05, 0) is 59.2 Å². The fraction of sp³-hybridized carbons (Fsp3) is 0.125. The first-order valence-corrected chi connectivity index (χ1v) is 8.56.